The van der Waals surface area contributed by atoms with E-state index in [2.05, 4.69) is 6.92 Å². The number of unbranched alkanes of at least 4 members (excludes halogenated alkanes) is 1. The number of halogens is 1. The Morgan fingerprint density at radius 1 is 1.10 bits per heavy atom. The van der Waals surface area contributed by atoms with Crippen molar-refractivity contribution < 1.29 is 19.1 Å². The molecule has 3 rings (SSSR count). The summed E-state index contributed by atoms with van der Waals surface area (Å²) in [6.07, 6.45) is 3.85. The van der Waals surface area contributed by atoms with E-state index in [4.69, 9.17) is 26.8 Å². The number of amides is 2. The molecule has 31 heavy (non-hydrogen) atoms. The van der Waals surface area contributed by atoms with E-state index in [1.54, 1.807) is 24.3 Å². The fourth-order valence-electron chi connectivity index (χ4n) is 3.30. The molecule has 0 aromatic heterocycles. The Balaban J connectivity index is 1.83. The minimum atomic E-state index is -0.471. The first kappa shape index (κ1) is 22.9. The Morgan fingerprint density at radius 3 is 2.39 bits per heavy atom. The van der Waals surface area contributed by atoms with Crippen LogP contribution in [0.5, 0.6) is 11.5 Å². The van der Waals surface area contributed by atoms with Crippen LogP contribution in [-0.4, -0.2) is 36.0 Å². The molecule has 2 amide bonds. The maximum atomic E-state index is 13.4. The van der Waals surface area contributed by atoms with Gasteiger partial charge in [-0.1, -0.05) is 37.1 Å². The van der Waals surface area contributed by atoms with Crippen LogP contribution < -0.4 is 15.2 Å². The van der Waals surface area contributed by atoms with Gasteiger partial charge in [0.1, 0.15) is 0 Å². The van der Waals surface area contributed by atoms with Crippen LogP contribution in [0.2, 0.25) is 5.02 Å². The Morgan fingerprint density at radius 2 is 1.81 bits per heavy atom. The summed E-state index contributed by atoms with van der Waals surface area (Å²) in [5.41, 5.74) is 7.16. The van der Waals surface area contributed by atoms with Crippen molar-refractivity contribution >= 4 is 23.4 Å². The number of nitrogens with two attached hydrogens (primary N) is 1. The molecule has 0 bridgehead atoms. The average Bonchev–Trinajstić information content (AvgIpc) is 3.59. The number of primary amides is 1. The second-order valence-electron chi connectivity index (χ2n) is 7.65. The van der Waals surface area contributed by atoms with E-state index in [1.165, 1.54) is 0 Å². The van der Waals surface area contributed by atoms with Crippen molar-refractivity contribution in [3.8, 4) is 11.5 Å². The molecule has 0 unspecified atom stereocenters. The molecule has 1 saturated carbocycles. The van der Waals surface area contributed by atoms with Gasteiger partial charge in [-0.25, -0.2) is 0 Å². The summed E-state index contributed by atoms with van der Waals surface area (Å²) in [6.45, 7) is 5.39. The number of hydrogen-bond acceptors (Lipinski definition) is 4. The van der Waals surface area contributed by atoms with Crippen molar-refractivity contribution in [2.45, 2.75) is 52.1 Å². The van der Waals surface area contributed by atoms with E-state index >= 15 is 0 Å². The molecule has 2 aromatic carbocycles. The maximum absolute atomic E-state index is 13.4. The topological polar surface area (TPSA) is 81.9 Å². The highest BCUT2D eigenvalue weighted by molar-refractivity contribution is 6.32. The van der Waals surface area contributed by atoms with Crippen LogP contribution >= 0.6 is 11.6 Å². The largest absolute Gasteiger partial charge is 0.490 e. The van der Waals surface area contributed by atoms with Crippen molar-refractivity contribution in [3.63, 3.8) is 0 Å². The van der Waals surface area contributed by atoms with Crippen LogP contribution in [0, 0.1) is 0 Å². The lowest BCUT2D eigenvalue weighted by atomic mass is 10.1. The van der Waals surface area contributed by atoms with Crippen LogP contribution in [0.1, 0.15) is 65.8 Å². The molecule has 1 aliphatic rings. The number of ether oxygens (including phenoxy) is 2. The van der Waals surface area contributed by atoms with Crippen LogP contribution in [0.3, 0.4) is 0 Å². The van der Waals surface area contributed by atoms with Gasteiger partial charge in [-0.15, -0.1) is 0 Å². The van der Waals surface area contributed by atoms with E-state index in [9.17, 15) is 9.59 Å². The fourth-order valence-corrected chi connectivity index (χ4v) is 3.57. The molecule has 7 heteroatoms. The molecule has 2 aromatic rings. The normalized spacial score (nSPS) is 13.0. The Labute approximate surface area is 188 Å². The first-order valence-corrected chi connectivity index (χ1v) is 11.1. The third-order valence-corrected chi connectivity index (χ3v) is 5.42. The Kier molecular flexibility index (Phi) is 7.80. The number of rotatable bonds is 11. The van der Waals surface area contributed by atoms with Gasteiger partial charge in [0, 0.05) is 23.7 Å². The molecule has 0 saturated heterocycles. The highest BCUT2D eigenvalue weighted by Crippen LogP contribution is 2.38. The molecule has 0 heterocycles. The van der Waals surface area contributed by atoms with E-state index in [0.717, 1.165) is 31.2 Å². The number of carbonyl (C=O) groups is 2. The van der Waals surface area contributed by atoms with Gasteiger partial charge >= 0.3 is 0 Å². The summed E-state index contributed by atoms with van der Waals surface area (Å²) in [5.74, 6) is 0.384. The van der Waals surface area contributed by atoms with E-state index in [1.807, 2.05) is 24.0 Å². The van der Waals surface area contributed by atoms with Gasteiger partial charge in [0.05, 0.1) is 18.2 Å². The molecule has 166 valence electrons. The minimum Gasteiger partial charge on any atom is -0.490 e. The Bertz CT molecular complexity index is 926. The van der Waals surface area contributed by atoms with Crippen LogP contribution in [0.25, 0.3) is 0 Å². The zero-order valence-electron chi connectivity index (χ0n) is 18.0. The predicted molar refractivity (Wildman–Crippen MR) is 121 cm³/mol. The number of hydrogen-bond donors (Lipinski definition) is 1. The monoisotopic (exact) mass is 444 g/mol. The minimum absolute atomic E-state index is 0.107. The van der Waals surface area contributed by atoms with Crippen molar-refractivity contribution in [2.75, 3.05) is 13.2 Å². The summed E-state index contributed by atoms with van der Waals surface area (Å²) < 4.78 is 11.5. The first-order valence-electron chi connectivity index (χ1n) is 10.7. The quantitative estimate of drug-likeness (QED) is 0.503. The summed E-state index contributed by atoms with van der Waals surface area (Å²) >= 11 is 6.48. The van der Waals surface area contributed by atoms with E-state index < -0.39 is 5.91 Å². The molecule has 2 N–H and O–H groups in total. The second-order valence-corrected chi connectivity index (χ2v) is 8.05. The molecule has 0 aliphatic heterocycles. The lowest BCUT2D eigenvalue weighted by Crippen LogP contribution is -2.32. The smallest absolute Gasteiger partial charge is 0.254 e. The average molecular weight is 445 g/mol. The second kappa shape index (κ2) is 10.5. The van der Waals surface area contributed by atoms with Crippen molar-refractivity contribution in [3.05, 3.63) is 58.1 Å². The van der Waals surface area contributed by atoms with Gasteiger partial charge in [-0.2, -0.15) is 0 Å². The number of benzene rings is 2. The standard InChI is InChI=1S/C24H29ClN2O4/c1-3-5-12-31-22-20(25)13-18(14-21(22)30-4-2)24(29)27(19-10-11-19)15-16-6-8-17(9-7-16)23(26)28/h6-9,13-14,19H,3-5,10-12,15H2,1-2H3,(H2,26,28). The Hall–Kier alpha value is -2.73. The van der Waals surface area contributed by atoms with Crippen LogP contribution in [0.4, 0.5) is 0 Å². The van der Waals surface area contributed by atoms with Crippen LogP contribution in [0.15, 0.2) is 36.4 Å². The summed E-state index contributed by atoms with van der Waals surface area (Å²) in [5, 5.41) is 0.368. The van der Waals surface area contributed by atoms with Gasteiger partial charge in [-0.3, -0.25) is 9.59 Å². The highest BCUT2D eigenvalue weighted by atomic mass is 35.5. The molecule has 1 fully saturated rings. The summed E-state index contributed by atoms with van der Waals surface area (Å²) in [7, 11) is 0. The van der Waals surface area contributed by atoms with Crippen LogP contribution in [-0.2, 0) is 6.54 Å². The van der Waals surface area contributed by atoms with Gasteiger partial charge in [0.15, 0.2) is 11.5 Å². The summed E-state index contributed by atoms with van der Waals surface area (Å²) in [6, 6.07) is 10.6. The van der Waals surface area contributed by atoms with Gasteiger partial charge in [0.2, 0.25) is 5.91 Å². The zero-order valence-corrected chi connectivity index (χ0v) is 18.8. The van der Waals surface area contributed by atoms with Crippen molar-refractivity contribution in [2.24, 2.45) is 5.73 Å². The SMILES string of the molecule is CCCCOc1c(Cl)cc(C(=O)N(Cc2ccc(C(N)=O)cc2)C2CC2)cc1OCC. The maximum Gasteiger partial charge on any atom is 0.254 e. The molecule has 6 nitrogen and oxygen atoms in total. The van der Waals surface area contributed by atoms with E-state index in [-0.39, 0.29) is 11.9 Å². The highest BCUT2D eigenvalue weighted by Gasteiger charge is 2.33. The molecule has 0 radical (unpaired) electrons. The zero-order chi connectivity index (χ0) is 22.4. The lowest BCUT2D eigenvalue weighted by Gasteiger charge is -2.24. The lowest BCUT2D eigenvalue weighted by molar-refractivity contribution is 0.0729. The molecular formula is C24H29ClN2O4. The third-order valence-electron chi connectivity index (χ3n) is 5.14. The first-order chi connectivity index (χ1) is 14.9. The third kappa shape index (κ3) is 5.91. The van der Waals surface area contributed by atoms with Gasteiger partial charge in [-0.05, 0) is 56.0 Å². The molecule has 0 spiro atoms. The number of nitrogens with zero attached hydrogens (tertiary/aromatic N) is 1. The predicted octanol–water partition coefficient (Wildman–Crippen LogP) is 4.82. The van der Waals surface area contributed by atoms with Crippen molar-refractivity contribution in [1.82, 2.24) is 4.90 Å². The van der Waals surface area contributed by atoms with Gasteiger partial charge in [0.25, 0.3) is 5.91 Å². The number of carbonyl (C=O) groups excluding carboxylic acids is 2. The van der Waals surface area contributed by atoms with E-state index in [0.29, 0.717) is 47.4 Å². The molecule has 0 atom stereocenters. The van der Waals surface area contributed by atoms with Gasteiger partial charge < -0.3 is 20.1 Å². The summed E-state index contributed by atoms with van der Waals surface area (Å²) in [4.78, 5) is 26.5. The molecule has 1 aliphatic carbocycles. The molecular weight excluding hydrogens is 416 g/mol. The fraction of sp³-hybridized carbons (Fsp3) is 0.417. The van der Waals surface area contributed by atoms with Crippen molar-refractivity contribution in [1.29, 1.82) is 0 Å².